The summed E-state index contributed by atoms with van der Waals surface area (Å²) < 4.78 is 16.8. The molecule has 0 unspecified atom stereocenters. The van der Waals surface area contributed by atoms with Gasteiger partial charge in [0.15, 0.2) is 6.10 Å². The van der Waals surface area contributed by atoms with Crippen molar-refractivity contribution in [3.63, 3.8) is 0 Å². The Bertz CT molecular complexity index is 1320. The second-order valence-electron chi connectivity index (χ2n) is 18.8. The van der Waals surface area contributed by atoms with Gasteiger partial charge in [0, 0.05) is 19.3 Å². The van der Waals surface area contributed by atoms with Crippen LogP contribution in [0.2, 0.25) is 0 Å². The molecule has 1 atom stereocenters. The third-order valence-corrected chi connectivity index (χ3v) is 12.1. The van der Waals surface area contributed by atoms with Crippen LogP contribution >= 0.6 is 0 Å². The predicted molar refractivity (Wildman–Crippen MR) is 293 cm³/mol. The van der Waals surface area contributed by atoms with Gasteiger partial charge in [0.1, 0.15) is 13.2 Å². The van der Waals surface area contributed by atoms with Gasteiger partial charge in [-0.2, -0.15) is 0 Å². The number of carbonyl (C=O) groups is 3. The number of ether oxygens (including phenoxy) is 3. The van der Waals surface area contributed by atoms with E-state index in [4.69, 9.17) is 14.2 Å². The number of allylic oxidation sites excluding steroid dienone is 14. The lowest BCUT2D eigenvalue weighted by molar-refractivity contribution is -0.166. The SMILES string of the molecule is CC/C=C\C/C=C\C/C=C\C/C=C\C/C=C\C/C=C\CCC(=O)OC[C@H](COC(=O)CCCCCCCCCCCCCC)OC(=O)CCCCCCCCCCC/C=C\CCCCCCCC. The van der Waals surface area contributed by atoms with Crippen molar-refractivity contribution in [2.75, 3.05) is 13.2 Å². The van der Waals surface area contributed by atoms with Gasteiger partial charge in [0.2, 0.25) is 0 Å². The van der Waals surface area contributed by atoms with Crippen LogP contribution in [0.1, 0.15) is 271 Å². The molecular formula is C62H106O6. The first-order chi connectivity index (χ1) is 33.5. The molecule has 0 amide bonds. The highest BCUT2D eigenvalue weighted by atomic mass is 16.6. The Morgan fingerprint density at radius 1 is 0.309 bits per heavy atom. The third-order valence-electron chi connectivity index (χ3n) is 12.1. The molecule has 6 heteroatoms. The Hall–Kier alpha value is -3.41. The molecule has 6 nitrogen and oxygen atoms in total. The van der Waals surface area contributed by atoms with Gasteiger partial charge >= 0.3 is 17.9 Å². The van der Waals surface area contributed by atoms with E-state index in [2.05, 4.69) is 99.8 Å². The summed E-state index contributed by atoms with van der Waals surface area (Å²) in [6.45, 7) is 6.47. The van der Waals surface area contributed by atoms with Gasteiger partial charge in [-0.05, 0) is 83.5 Å². The fraction of sp³-hybridized carbons (Fsp3) is 0.726. The molecule has 0 rings (SSSR count). The first kappa shape index (κ1) is 64.6. The normalized spacial score (nSPS) is 12.7. The molecule has 0 aliphatic rings. The van der Waals surface area contributed by atoms with E-state index in [1.165, 1.54) is 148 Å². The lowest BCUT2D eigenvalue weighted by Crippen LogP contribution is -2.30. The van der Waals surface area contributed by atoms with Crippen LogP contribution in [-0.4, -0.2) is 37.2 Å². The number of unbranched alkanes of at least 4 members (excludes halogenated alkanes) is 26. The van der Waals surface area contributed by atoms with Crippen LogP contribution in [0, 0.1) is 0 Å². The molecule has 0 saturated carbocycles. The van der Waals surface area contributed by atoms with Crippen molar-refractivity contribution >= 4 is 17.9 Å². The first-order valence-electron chi connectivity index (χ1n) is 28.6. The van der Waals surface area contributed by atoms with E-state index in [1.54, 1.807) is 0 Å². The van der Waals surface area contributed by atoms with E-state index >= 15 is 0 Å². The van der Waals surface area contributed by atoms with Crippen LogP contribution in [0.5, 0.6) is 0 Å². The summed E-state index contributed by atoms with van der Waals surface area (Å²) in [6.07, 6.45) is 73.0. The van der Waals surface area contributed by atoms with Crippen LogP contribution in [0.25, 0.3) is 0 Å². The average molecular weight is 948 g/mol. The quantitative estimate of drug-likeness (QED) is 0.0262. The van der Waals surface area contributed by atoms with E-state index in [9.17, 15) is 14.4 Å². The summed E-state index contributed by atoms with van der Waals surface area (Å²) in [5.74, 6) is -0.983. The van der Waals surface area contributed by atoms with Gasteiger partial charge in [-0.25, -0.2) is 0 Å². The molecule has 0 saturated heterocycles. The van der Waals surface area contributed by atoms with Crippen molar-refractivity contribution in [1.82, 2.24) is 0 Å². The topological polar surface area (TPSA) is 78.9 Å². The van der Waals surface area contributed by atoms with Gasteiger partial charge in [-0.3, -0.25) is 14.4 Å². The molecule has 0 heterocycles. The number of carbonyl (C=O) groups excluding carboxylic acids is 3. The zero-order chi connectivity index (χ0) is 49.3. The summed E-state index contributed by atoms with van der Waals surface area (Å²) in [5.41, 5.74) is 0. The van der Waals surface area contributed by atoms with Crippen LogP contribution in [0.3, 0.4) is 0 Å². The maximum atomic E-state index is 12.9. The van der Waals surface area contributed by atoms with Crippen LogP contribution < -0.4 is 0 Å². The largest absolute Gasteiger partial charge is 0.462 e. The smallest absolute Gasteiger partial charge is 0.306 e. The summed E-state index contributed by atoms with van der Waals surface area (Å²) in [5, 5.41) is 0. The molecule has 390 valence electrons. The van der Waals surface area contributed by atoms with Crippen LogP contribution in [0.4, 0.5) is 0 Å². The monoisotopic (exact) mass is 947 g/mol. The highest BCUT2D eigenvalue weighted by Crippen LogP contribution is 2.15. The highest BCUT2D eigenvalue weighted by molar-refractivity contribution is 5.71. The standard InChI is InChI=1S/C62H106O6/c1-4-7-10-13-16-19-22-25-27-29-31-33-35-37-40-43-46-49-52-55-61(64)67-58-59(57-66-60(63)54-51-48-45-42-39-24-21-18-15-12-9-6-3)68-62(65)56-53-50-47-44-41-38-36-34-32-30-28-26-23-20-17-14-11-8-5-2/h7,10,16,19,25-28,31,33,37,40,46,49,59H,4-6,8-9,11-15,17-18,20-24,29-30,32,34-36,38-39,41-45,47-48,50-58H2,1-3H3/b10-7-,19-16-,27-25-,28-26-,33-31-,40-37-,49-46-/t59-/m0/s1. The van der Waals surface area contributed by atoms with Gasteiger partial charge in [0.25, 0.3) is 0 Å². The Morgan fingerprint density at radius 2 is 0.603 bits per heavy atom. The van der Waals surface area contributed by atoms with Crippen molar-refractivity contribution in [3.8, 4) is 0 Å². The van der Waals surface area contributed by atoms with Gasteiger partial charge in [-0.15, -0.1) is 0 Å². The maximum Gasteiger partial charge on any atom is 0.306 e. The van der Waals surface area contributed by atoms with Crippen molar-refractivity contribution in [1.29, 1.82) is 0 Å². The Morgan fingerprint density at radius 3 is 0.985 bits per heavy atom. The fourth-order valence-electron chi connectivity index (χ4n) is 7.88. The lowest BCUT2D eigenvalue weighted by Gasteiger charge is -2.18. The minimum atomic E-state index is -0.806. The molecule has 0 aromatic carbocycles. The van der Waals surface area contributed by atoms with E-state index < -0.39 is 6.10 Å². The van der Waals surface area contributed by atoms with Crippen molar-refractivity contribution in [2.24, 2.45) is 0 Å². The fourth-order valence-corrected chi connectivity index (χ4v) is 7.88. The predicted octanol–water partition coefficient (Wildman–Crippen LogP) is 19.2. The van der Waals surface area contributed by atoms with Crippen LogP contribution in [-0.2, 0) is 28.6 Å². The zero-order valence-corrected chi connectivity index (χ0v) is 44.6. The summed E-state index contributed by atoms with van der Waals surface area (Å²) in [6, 6.07) is 0. The maximum absolute atomic E-state index is 12.9. The molecule has 0 bridgehead atoms. The van der Waals surface area contributed by atoms with Crippen LogP contribution in [0.15, 0.2) is 85.1 Å². The van der Waals surface area contributed by atoms with E-state index in [-0.39, 0.29) is 37.5 Å². The Kier molecular flexibility index (Phi) is 53.4. The molecule has 0 aromatic rings. The number of hydrogen-bond donors (Lipinski definition) is 0. The number of esters is 3. The average Bonchev–Trinajstić information content (AvgIpc) is 3.34. The molecule has 0 radical (unpaired) electrons. The summed E-state index contributed by atoms with van der Waals surface area (Å²) in [4.78, 5) is 38.1. The molecule has 0 aliphatic heterocycles. The van der Waals surface area contributed by atoms with Crippen molar-refractivity contribution in [2.45, 2.75) is 277 Å². The first-order valence-corrected chi connectivity index (χ1v) is 28.6. The number of rotatable bonds is 51. The van der Waals surface area contributed by atoms with Crippen molar-refractivity contribution < 1.29 is 28.6 Å². The van der Waals surface area contributed by atoms with Gasteiger partial charge in [0.05, 0.1) is 0 Å². The highest BCUT2D eigenvalue weighted by Gasteiger charge is 2.19. The minimum absolute atomic E-state index is 0.0985. The third kappa shape index (κ3) is 53.5. The molecule has 0 N–H and O–H groups in total. The van der Waals surface area contributed by atoms with E-state index in [1.807, 2.05) is 6.08 Å². The summed E-state index contributed by atoms with van der Waals surface area (Å²) >= 11 is 0. The van der Waals surface area contributed by atoms with Gasteiger partial charge in [-0.1, -0.05) is 254 Å². The van der Waals surface area contributed by atoms with E-state index in [0.29, 0.717) is 19.3 Å². The Balaban J connectivity index is 4.46. The molecular weight excluding hydrogens is 841 g/mol. The summed E-state index contributed by atoms with van der Waals surface area (Å²) in [7, 11) is 0. The number of hydrogen-bond acceptors (Lipinski definition) is 6. The second kappa shape index (κ2) is 56.2. The molecule has 0 fully saturated rings. The minimum Gasteiger partial charge on any atom is -0.462 e. The van der Waals surface area contributed by atoms with E-state index in [0.717, 1.165) is 77.0 Å². The van der Waals surface area contributed by atoms with Crippen molar-refractivity contribution in [3.05, 3.63) is 85.1 Å². The van der Waals surface area contributed by atoms with Gasteiger partial charge < -0.3 is 14.2 Å². The molecule has 68 heavy (non-hydrogen) atoms. The lowest BCUT2D eigenvalue weighted by atomic mass is 10.0. The zero-order valence-electron chi connectivity index (χ0n) is 44.6. The molecule has 0 aromatic heterocycles. The molecule has 0 spiro atoms. The second-order valence-corrected chi connectivity index (χ2v) is 18.8. The molecule has 0 aliphatic carbocycles. The Labute approximate surface area is 420 Å².